The predicted molar refractivity (Wildman–Crippen MR) is 41.9 cm³/mol. The van der Waals surface area contributed by atoms with E-state index in [4.69, 9.17) is 11.5 Å². The molecule has 0 atom stereocenters. The molecule has 1 aromatic rings. The number of amides is 2. The zero-order valence-corrected chi connectivity index (χ0v) is 6.40. The molecule has 0 saturated carbocycles. The molecule has 0 saturated heterocycles. The normalized spacial score (nSPS) is 9.54. The van der Waals surface area contributed by atoms with E-state index in [2.05, 4.69) is 9.97 Å². The number of carbonyl (C=O) groups is 2. The van der Waals surface area contributed by atoms with Crippen LogP contribution in [0.25, 0.3) is 0 Å². The minimum atomic E-state index is -0.895. The summed E-state index contributed by atoms with van der Waals surface area (Å²) < 4.78 is 0. The second-order valence-electron chi connectivity index (χ2n) is 2.21. The lowest BCUT2D eigenvalue weighted by Crippen LogP contribution is -2.25. The van der Waals surface area contributed by atoms with Crippen molar-refractivity contribution >= 4 is 11.8 Å². The van der Waals surface area contributed by atoms with Gasteiger partial charge in [0.05, 0.1) is 0 Å². The van der Waals surface area contributed by atoms with Crippen LogP contribution in [0, 0.1) is 0 Å². The van der Waals surface area contributed by atoms with Gasteiger partial charge in [0.25, 0.3) is 11.8 Å². The van der Waals surface area contributed by atoms with Gasteiger partial charge in [-0.1, -0.05) is 0 Å². The van der Waals surface area contributed by atoms with Crippen LogP contribution in [0.3, 0.4) is 0 Å². The van der Waals surface area contributed by atoms with Crippen LogP contribution in [-0.4, -0.2) is 21.8 Å². The number of nitrogens with one attached hydrogen (secondary N) is 1. The van der Waals surface area contributed by atoms with E-state index >= 15 is 0 Å². The van der Waals surface area contributed by atoms with Crippen LogP contribution in [0.4, 0.5) is 0 Å². The first-order chi connectivity index (χ1) is 6.00. The van der Waals surface area contributed by atoms with Gasteiger partial charge >= 0.3 is 5.69 Å². The molecule has 1 aromatic heterocycles. The number of hydrogen-bond acceptors (Lipinski definition) is 4. The van der Waals surface area contributed by atoms with E-state index in [9.17, 15) is 14.4 Å². The number of aromatic nitrogens is 2. The van der Waals surface area contributed by atoms with Crippen LogP contribution in [-0.2, 0) is 0 Å². The highest BCUT2D eigenvalue weighted by Gasteiger charge is 2.08. The lowest BCUT2D eigenvalue weighted by atomic mass is 10.3. The summed E-state index contributed by atoms with van der Waals surface area (Å²) in [4.78, 5) is 37.2. The van der Waals surface area contributed by atoms with E-state index in [-0.39, 0.29) is 11.4 Å². The maximum atomic E-state index is 10.7. The third-order valence-corrected chi connectivity index (χ3v) is 1.26. The third-order valence-electron chi connectivity index (χ3n) is 1.26. The summed E-state index contributed by atoms with van der Waals surface area (Å²) in [6, 6.07) is 1.02. The highest BCUT2D eigenvalue weighted by atomic mass is 16.2. The van der Waals surface area contributed by atoms with Crippen molar-refractivity contribution in [2.24, 2.45) is 11.5 Å². The van der Waals surface area contributed by atoms with Crippen molar-refractivity contribution in [1.29, 1.82) is 0 Å². The van der Waals surface area contributed by atoms with Gasteiger partial charge in [0.2, 0.25) is 0 Å². The van der Waals surface area contributed by atoms with E-state index in [0.29, 0.717) is 0 Å². The molecule has 68 valence electrons. The lowest BCUT2D eigenvalue weighted by molar-refractivity contribution is 0.0994. The standard InChI is InChI=1S/C6H6N4O3/c7-4(11)2-1-3(5(8)12)10-6(13)9-2/h1H,(H2,7,11)(H2,8,12)(H,9,10,13). The maximum Gasteiger partial charge on any atom is 0.346 e. The highest BCUT2D eigenvalue weighted by Crippen LogP contribution is 1.93. The fraction of sp³-hybridized carbons (Fsp3) is 0. The Morgan fingerprint density at radius 2 is 1.92 bits per heavy atom. The van der Waals surface area contributed by atoms with Crippen molar-refractivity contribution in [2.45, 2.75) is 0 Å². The highest BCUT2D eigenvalue weighted by molar-refractivity contribution is 5.95. The summed E-state index contributed by atoms with van der Waals surface area (Å²) in [5.41, 5.74) is 8.37. The molecule has 0 bridgehead atoms. The zero-order chi connectivity index (χ0) is 10.0. The van der Waals surface area contributed by atoms with Crippen LogP contribution in [0.2, 0.25) is 0 Å². The number of aromatic amines is 1. The first kappa shape index (κ1) is 8.91. The van der Waals surface area contributed by atoms with Gasteiger partial charge in [0, 0.05) is 0 Å². The van der Waals surface area contributed by atoms with Gasteiger partial charge in [-0.25, -0.2) is 4.79 Å². The first-order valence-electron chi connectivity index (χ1n) is 3.21. The summed E-state index contributed by atoms with van der Waals surface area (Å²) >= 11 is 0. The van der Waals surface area contributed by atoms with Crippen molar-refractivity contribution in [3.05, 3.63) is 27.9 Å². The number of hydrogen-bond donors (Lipinski definition) is 3. The van der Waals surface area contributed by atoms with Crippen molar-refractivity contribution in [3.8, 4) is 0 Å². The van der Waals surface area contributed by atoms with Crippen molar-refractivity contribution in [3.63, 3.8) is 0 Å². The molecule has 5 N–H and O–H groups in total. The number of H-pyrrole nitrogens is 1. The SMILES string of the molecule is NC(=O)c1cc(C(N)=O)[nH]c(=O)n1. The van der Waals surface area contributed by atoms with Gasteiger partial charge in [0.15, 0.2) is 0 Å². The Morgan fingerprint density at radius 3 is 2.38 bits per heavy atom. The maximum absolute atomic E-state index is 10.7. The largest absolute Gasteiger partial charge is 0.364 e. The second-order valence-corrected chi connectivity index (χ2v) is 2.21. The fourth-order valence-corrected chi connectivity index (χ4v) is 0.717. The minimum absolute atomic E-state index is 0.200. The molecule has 1 rings (SSSR count). The first-order valence-corrected chi connectivity index (χ1v) is 3.21. The van der Waals surface area contributed by atoms with E-state index in [1.807, 2.05) is 0 Å². The van der Waals surface area contributed by atoms with Gasteiger partial charge in [0.1, 0.15) is 11.4 Å². The molecule has 0 fully saturated rings. The monoisotopic (exact) mass is 182 g/mol. The number of primary amides is 2. The van der Waals surface area contributed by atoms with Crippen molar-refractivity contribution < 1.29 is 9.59 Å². The van der Waals surface area contributed by atoms with Crippen LogP contribution in [0.1, 0.15) is 21.0 Å². The number of rotatable bonds is 2. The van der Waals surface area contributed by atoms with Gasteiger partial charge in [-0.3, -0.25) is 9.59 Å². The lowest BCUT2D eigenvalue weighted by Gasteiger charge is -1.96. The van der Waals surface area contributed by atoms with E-state index in [1.165, 1.54) is 0 Å². The number of nitrogens with two attached hydrogens (primary N) is 2. The number of carbonyl (C=O) groups excluding carboxylic acids is 2. The Kier molecular flexibility index (Phi) is 2.09. The van der Waals surface area contributed by atoms with Crippen molar-refractivity contribution in [2.75, 3.05) is 0 Å². The molecule has 2 amide bonds. The summed E-state index contributed by atoms with van der Waals surface area (Å²) in [6.07, 6.45) is 0. The third kappa shape index (κ3) is 1.89. The minimum Gasteiger partial charge on any atom is -0.364 e. The van der Waals surface area contributed by atoms with Gasteiger partial charge < -0.3 is 16.5 Å². The molecule has 0 aliphatic heterocycles. The van der Waals surface area contributed by atoms with Crippen molar-refractivity contribution in [1.82, 2.24) is 9.97 Å². The van der Waals surface area contributed by atoms with E-state index in [1.54, 1.807) is 0 Å². The molecule has 0 unspecified atom stereocenters. The molecular weight excluding hydrogens is 176 g/mol. The smallest absolute Gasteiger partial charge is 0.346 e. The quantitative estimate of drug-likeness (QED) is 0.486. The van der Waals surface area contributed by atoms with Gasteiger partial charge in [-0.15, -0.1) is 0 Å². The fourth-order valence-electron chi connectivity index (χ4n) is 0.717. The number of nitrogens with zero attached hydrogens (tertiary/aromatic N) is 1. The molecule has 0 aliphatic carbocycles. The molecular formula is C6H6N4O3. The second kappa shape index (κ2) is 3.05. The zero-order valence-electron chi connectivity index (χ0n) is 6.40. The van der Waals surface area contributed by atoms with Crippen LogP contribution in [0.15, 0.2) is 10.9 Å². The molecule has 0 aromatic carbocycles. The Labute approximate surface area is 71.8 Å². The predicted octanol–water partition coefficient (Wildman–Crippen LogP) is -2.03. The average Bonchev–Trinajstić information content (AvgIpc) is 2.03. The van der Waals surface area contributed by atoms with Crippen LogP contribution >= 0.6 is 0 Å². The molecule has 0 aliphatic rings. The molecule has 0 radical (unpaired) electrons. The summed E-state index contributed by atoms with van der Waals surface area (Å²) in [7, 11) is 0. The molecule has 0 spiro atoms. The topological polar surface area (TPSA) is 132 Å². The Balaban J connectivity index is 3.35. The van der Waals surface area contributed by atoms with E-state index < -0.39 is 17.5 Å². The van der Waals surface area contributed by atoms with Crippen LogP contribution < -0.4 is 17.2 Å². The summed E-state index contributed by atoms with van der Waals surface area (Å²) in [5.74, 6) is -1.75. The van der Waals surface area contributed by atoms with Crippen LogP contribution in [0.5, 0.6) is 0 Å². The molecule has 7 heteroatoms. The summed E-state index contributed by atoms with van der Waals surface area (Å²) in [6.45, 7) is 0. The summed E-state index contributed by atoms with van der Waals surface area (Å²) in [5, 5.41) is 0. The Hall–Kier alpha value is -2.18. The van der Waals surface area contributed by atoms with Gasteiger partial charge in [-0.05, 0) is 6.07 Å². The molecule has 1 heterocycles. The van der Waals surface area contributed by atoms with Gasteiger partial charge in [-0.2, -0.15) is 4.98 Å². The Bertz CT molecular complexity index is 387. The molecule has 13 heavy (non-hydrogen) atoms. The molecule has 7 nitrogen and oxygen atoms in total. The Morgan fingerprint density at radius 1 is 1.31 bits per heavy atom. The van der Waals surface area contributed by atoms with E-state index in [0.717, 1.165) is 6.07 Å². The average molecular weight is 182 g/mol.